The number of hydrogen-bond acceptors (Lipinski definition) is 4. The normalized spacial score (nSPS) is 12.5. The fourth-order valence-corrected chi connectivity index (χ4v) is 4.34. The molecular formula is C23H18F6N2O3S. The molecule has 0 saturated heterocycles. The number of halogens is 6. The Hall–Kier alpha value is -3.25. The number of aromatic nitrogens is 1. The standard InChI is InChI=1S/C23H18F6N2O3S/c24-22(25,26)14-31-35(33,34)20-6-7-21(15-4-2-1-3-5-15)16(11-20)10-19(32)13-18-12-17(8-9-30-18)23(27,28)29/h1-9,11-12,31H,10,13-14H2. The average molecular weight is 516 g/mol. The number of nitrogens with zero attached hydrogens (tertiary/aromatic N) is 1. The van der Waals surface area contributed by atoms with Gasteiger partial charge >= 0.3 is 12.4 Å². The summed E-state index contributed by atoms with van der Waals surface area (Å²) in [4.78, 5) is 16.0. The van der Waals surface area contributed by atoms with Crippen molar-refractivity contribution >= 4 is 15.8 Å². The maximum Gasteiger partial charge on any atom is 0.416 e. The first kappa shape index (κ1) is 26.4. The van der Waals surface area contributed by atoms with Crippen molar-refractivity contribution in [3.63, 3.8) is 0 Å². The Balaban J connectivity index is 1.92. The molecule has 2 aromatic carbocycles. The molecule has 12 heteroatoms. The van der Waals surface area contributed by atoms with Gasteiger partial charge in [0.05, 0.1) is 10.5 Å². The van der Waals surface area contributed by atoms with Crippen molar-refractivity contribution in [2.45, 2.75) is 30.1 Å². The molecule has 0 spiro atoms. The van der Waals surface area contributed by atoms with Crippen LogP contribution >= 0.6 is 0 Å². The van der Waals surface area contributed by atoms with Crippen molar-refractivity contribution in [1.29, 1.82) is 0 Å². The molecule has 0 aliphatic carbocycles. The summed E-state index contributed by atoms with van der Waals surface area (Å²) in [6.45, 7) is -1.77. The molecule has 0 aliphatic heterocycles. The number of hydrogen-bond donors (Lipinski definition) is 1. The van der Waals surface area contributed by atoms with E-state index in [1.54, 1.807) is 30.3 Å². The molecule has 0 aliphatic rings. The first-order chi connectivity index (χ1) is 16.2. The van der Waals surface area contributed by atoms with E-state index in [1.165, 1.54) is 10.8 Å². The minimum atomic E-state index is -4.77. The second kappa shape index (κ2) is 10.2. The SMILES string of the molecule is O=C(Cc1cc(C(F)(F)F)ccn1)Cc1cc(S(=O)(=O)NCC(F)(F)F)ccc1-c1ccccc1. The Labute approximate surface area is 196 Å². The van der Waals surface area contributed by atoms with Crippen LogP contribution in [-0.4, -0.2) is 31.9 Å². The van der Waals surface area contributed by atoms with Gasteiger partial charge in [-0.05, 0) is 41.0 Å². The zero-order valence-electron chi connectivity index (χ0n) is 17.8. The average Bonchev–Trinajstić information content (AvgIpc) is 2.77. The van der Waals surface area contributed by atoms with Crippen molar-refractivity contribution in [3.8, 4) is 11.1 Å². The highest BCUT2D eigenvalue weighted by Gasteiger charge is 2.31. The number of alkyl halides is 6. The third-order valence-corrected chi connectivity index (χ3v) is 6.24. The summed E-state index contributed by atoms with van der Waals surface area (Å²) in [6.07, 6.45) is -9.30. The number of ketones is 1. The van der Waals surface area contributed by atoms with E-state index in [0.29, 0.717) is 11.1 Å². The van der Waals surface area contributed by atoms with Crippen molar-refractivity contribution in [2.75, 3.05) is 6.54 Å². The molecule has 35 heavy (non-hydrogen) atoms. The zero-order valence-corrected chi connectivity index (χ0v) is 18.6. The molecule has 0 amide bonds. The summed E-state index contributed by atoms with van der Waals surface area (Å²) in [5.74, 6) is -0.563. The molecule has 3 aromatic rings. The molecule has 3 rings (SSSR count). The number of nitrogens with one attached hydrogen (secondary N) is 1. The number of sulfonamides is 1. The van der Waals surface area contributed by atoms with Gasteiger partial charge in [-0.1, -0.05) is 36.4 Å². The van der Waals surface area contributed by atoms with Crippen LogP contribution in [0.5, 0.6) is 0 Å². The van der Waals surface area contributed by atoms with Crippen LogP contribution in [0.2, 0.25) is 0 Å². The second-order valence-corrected chi connectivity index (χ2v) is 9.32. The van der Waals surface area contributed by atoms with E-state index >= 15 is 0 Å². The lowest BCUT2D eigenvalue weighted by Crippen LogP contribution is -2.33. The lowest BCUT2D eigenvalue weighted by molar-refractivity contribution is -0.137. The van der Waals surface area contributed by atoms with Gasteiger partial charge in [-0.3, -0.25) is 9.78 Å². The fourth-order valence-electron chi connectivity index (χ4n) is 3.27. The summed E-state index contributed by atoms with van der Waals surface area (Å²) in [5, 5.41) is 0. The predicted octanol–water partition coefficient (Wildman–Crippen LogP) is 4.96. The number of Topliss-reactive ketones (excluding diaryl/α,β-unsaturated/α-hetero) is 1. The van der Waals surface area contributed by atoms with Gasteiger partial charge in [-0.15, -0.1) is 0 Å². The monoisotopic (exact) mass is 516 g/mol. The smallest absolute Gasteiger partial charge is 0.299 e. The Kier molecular flexibility index (Phi) is 7.65. The fraction of sp³-hybridized carbons (Fsp3) is 0.217. The van der Waals surface area contributed by atoms with Crippen molar-refractivity contribution in [1.82, 2.24) is 9.71 Å². The molecule has 186 valence electrons. The van der Waals surface area contributed by atoms with Crippen molar-refractivity contribution in [3.05, 3.63) is 83.7 Å². The number of benzene rings is 2. The molecule has 0 radical (unpaired) electrons. The number of pyridine rings is 1. The first-order valence-corrected chi connectivity index (χ1v) is 11.5. The van der Waals surface area contributed by atoms with Crippen LogP contribution in [0.1, 0.15) is 16.8 Å². The van der Waals surface area contributed by atoms with Crippen molar-refractivity contribution in [2.24, 2.45) is 0 Å². The number of carbonyl (C=O) groups is 1. The van der Waals surface area contributed by atoms with E-state index in [1.807, 2.05) is 0 Å². The molecule has 0 saturated carbocycles. The molecule has 5 nitrogen and oxygen atoms in total. The molecule has 1 aromatic heterocycles. The summed E-state index contributed by atoms with van der Waals surface area (Å²) in [6, 6.07) is 13.6. The molecular weight excluding hydrogens is 498 g/mol. The van der Waals surface area contributed by atoms with Gasteiger partial charge in [0.1, 0.15) is 12.3 Å². The topological polar surface area (TPSA) is 76.1 Å². The van der Waals surface area contributed by atoms with E-state index in [0.717, 1.165) is 30.5 Å². The molecule has 0 unspecified atom stereocenters. The van der Waals surface area contributed by atoms with E-state index in [9.17, 15) is 39.6 Å². The van der Waals surface area contributed by atoms with Crippen LogP contribution < -0.4 is 4.72 Å². The van der Waals surface area contributed by atoms with Crippen LogP contribution in [0.4, 0.5) is 26.3 Å². The van der Waals surface area contributed by atoms with E-state index in [-0.39, 0.29) is 17.7 Å². The Bertz CT molecular complexity index is 1310. The van der Waals surface area contributed by atoms with Gasteiger partial charge in [0.2, 0.25) is 10.0 Å². The zero-order chi connectivity index (χ0) is 25.9. The summed E-state index contributed by atoms with van der Waals surface area (Å²) >= 11 is 0. The highest BCUT2D eigenvalue weighted by atomic mass is 32.2. The van der Waals surface area contributed by atoms with Gasteiger partial charge in [0.15, 0.2) is 0 Å². The lowest BCUT2D eigenvalue weighted by atomic mass is 9.95. The lowest BCUT2D eigenvalue weighted by Gasteiger charge is -2.14. The van der Waals surface area contributed by atoms with Gasteiger partial charge in [0.25, 0.3) is 0 Å². The minimum Gasteiger partial charge on any atom is -0.299 e. The van der Waals surface area contributed by atoms with Gasteiger partial charge < -0.3 is 0 Å². The van der Waals surface area contributed by atoms with Crippen LogP contribution in [0.15, 0.2) is 71.8 Å². The Morgan fingerprint density at radius 3 is 2.20 bits per heavy atom. The van der Waals surface area contributed by atoms with E-state index in [4.69, 9.17) is 0 Å². The highest BCUT2D eigenvalue weighted by Crippen LogP contribution is 2.30. The first-order valence-electron chi connectivity index (χ1n) is 10.0. The second-order valence-electron chi connectivity index (χ2n) is 7.55. The van der Waals surface area contributed by atoms with Crippen LogP contribution in [0, 0.1) is 0 Å². The predicted molar refractivity (Wildman–Crippen MR) is 115 cm³/mol. The largest absolute Gasteiger partial charge is 0.416 e. The summed E-state index contributed by atoms with van der Waals surface area (Å²) in [5.41, 5.74) is 0.152. The molecule has 1 heterocycles. The third-order valence-electron chi connectivity index (χ3n) is 4.84. The Morgan fingerprint density at radius 2 is 1.57 bits per heavy atom. The Morgan fingerprint density at radius 1 is 0.886 bits per heavy atom. The highest BCUT2D eigenvalue weighted by molar-refractivity contribution is 7.89. The van der Waals surface area contributed by atoms with E-state index < -0.39 is 51.6 Å². The molecule has 0 bridgehead atoms. The van der Waals surface area contributed by atoms with Crippen LogP contribution in [0.25, 0.3) is 11.1 Å². The van der Waals surface area contributed by atoms with Gasteiger partial charge in [-0.2, -0.15) is 26.3 Å². The van der Waals surface area contributed by atoms with Gasteiger partial charge in [-0.25, -0.2) is 13.1 Å². The molecule has 0 atom stereocenters. The van der Waals surface area contributed by atoms with Crippen molar-refractivity contribution < 1.29 is 39.6 Å². The third kappa shape index (κ3) is 7.36. The minimum absolute atomic E-state index is 0.123. The number of rotatable bonds is 8. The van der Waals surface area contributed by atoms with E-state index in [2.05, 4.69) is 4.98 Å². The maximum atomic E-state index is 12.9. The quantitative estimate of drug-likeness (QED) is 0.430. The molecule has 0 fully saturated rings. The summed E-state index contributed by atoms with van der Waals surface area (Å²) in [7, 11) is -4.55. The van der Waals surface area contributed by atoms with Gasteiger partial charge in [0, 0.05) is 24.7 Å². The van der Waals surface area contributed by atoms with Crippen LogP contribution in [-0.2, 0) is 33.8 Å². The van der Waals surface area contributed by atoms with Crippen LogP contribution in [0.3, 0.4) is 0 Å². The summed E-state index contributed by atoms with van der Waals surface area (Å²) < 4.78 is 103. The number of carbonyl (C=O) groups excluding carboxylic acids is 1. The maximum absolute atomic E-state index is 12.9. The molecule has 1 N–H and O–H groups in total.